The van der Waals surface area contributed by atoms with Crippen molar-refractivity contribution < 1.29 is 33.2 Å². The van der Waals surface area contributed by atoms with Gasteiger partial charge >= 0.3 is 19.5 Å². The SMILES string of the molecule is COCCOc1nc(N)c2nc(O)n(Cc3cccc(CP(=O)(NC(C)C(=O)OC(C)C)Oc4ccccc4)c3)c2n1. The molecule has 0 aliphatic rings. The Bertz CT molecular complexity index is 1560. The van der Waals surface area contributed by atoms with E-state index >= 15 is 0 Å². The molecule has 4 aromatic rings. The van der Waals surface area contributed by atoms with E-state index in [-0.39, 0.29) is 54.4 Å². The van der Waals surface area contributed by atoms with E-state index in [9.17, 15) is 14.5 Å². The average molecular weight is 599 g/mol. The lowest BCUT2D eigenvalue weighted by molar-refractivity contribution is -0.149. The first-order chi connectivity index (χ1) is 20.1. The lowest BCUT2D eigenvalue weighted by Crippen LogP contribution is -2.36. The number of imidazole rings is 1. The summed E-state index contributed by atoms with van der Waals surface area (Å²) in [6.45, 7) is 5.79. The van der Waals surface area contributed by atoms with Crippen LogP contribution in [-0.2, 0) is 31.5 Å². The van der Waals surface area contributed by atoms with Gasteiger partial charge < -0.3 is 29.6 Å². The summed E-state index contributed by atoms with van der Waals surface area (Å²) in [5.74, 6) is -0.0835. The molecular weight excluding hydrogens is 563 g/mol. The highest BCUT2D eigenvalue weighted by atomic mass is 31.2. The Morgan fingerprint density at radius 3 is 2.50 bits per heavy atom. The van der Waals surface area contributed by atoms with Crippen LogP contribution in [0.2, 0.25) is 0 Å². The number of benzene rings is 2. The van der Waals surface area contributed by atoms with Gasteiger partial charge in [0.2, 0.25) is 0 Å². The maximum atomic E-state index is 14.1. The van der Waals surface area contributed by atoms with Gasteiger partial charge in [-0.1, -0.05) is 42.5 Å². The summed E-state index contributed by atoms with van der Waals surface area (Å²) in [6.07, 6.45) is -0.352. The molecule has 14 heteroatoms. The van der Waals surface area contributed by atoms with Crippen molar-refractivity contribution in [3.63, 3.8) is 0 Å². The van der Waals surface area contributed by atoms with Gasteiger partial charge in [0.1, 0.15) is 18.4 Å². The minimum atomic E-state index is -3.67. The summed E-state index contributed by atoms with van der Waals surface area (Å²) in [5.41, 5.74) is 7.99. The van der Waals surface area contributed by atoms with Crippen molar-refractivity contribution >= 4 is 30.5 Å². The number of aromatic nitrogens is 4. The van der Waals surface area contributed by atoms with Gasteiger partial charge in [-0.3, -0.25) is 13.9 Å². The lowest BCUT2D eigenvalue weighted by Gasteiger charge is -2.24. The highest BCUT2D eigenvalue weighted by Crippen LogP contribution is 2.47. The summed E-state index contributed by atoms with van der Waals surface area (Å²) in [7, 11) is -2.12. The third kappa shape index (κ3) is 7.96. The Labute approximate surface area is 243 Å². The molecule has 2 aromatic heterocycles. The number of hydrogen-bond acceptors (Lipinski definition) is 11. The van der Waals surface area contributed by atoms with E-state index in [0.29, 0.717) is 17.9 Å². The zero-order chi connectivity index (χ0) is 30.3. The van der Waals surface area contributed by atoms with Crippen LogP contribution in [0.5, 0.6) is 17.8 Å². The fraction of sp³-hybridized carbons (Fsp3) is 0.357. The number of para-hydroxylation sites is 1. The van der Waals surface area contributed by atoms with Crippen LogP contribution in [0, 0.1) is 0 Å². The van der Waals surface area contributed by atoms with Gasteiger partial charge in [0, 0.05) is 7.11 Å². The molecule has 224 valence electrons. The second kappa shape index (κ2) is 13.6. The van der Waals surface area contributed by atoms with E-state index in [1.165, 1.54) is 4.57 Å². The van der Waals surface area contributed by atoms with E-state index in [2.05, 4.69) is 20.0 Å². The standard InChI is InChI=1S/C28H35N6O7P/c1-18(2)40-26(35)19(3)33-42(37,41-22-11-6-5-7-12-22)17-21-10-8-9-20(15-21)16-34-25-23(30-28(34)36)24(29)31-27(32-25)39-14-13-38-4/h5-12,15,18-19H,13-14,16-17H2,1-4H3,(H,30,36)(H,33,37)(H2,29,31,32). The molecule has 2 atom stereocenters. The second-order valence-electron chi connectivity index (χ2n) is 9.80. The molecule has 0 saturated carbocycles. The average Bonchev–Trinajstić information content (AvgIpc) is 3.24. The smallest absolute Gasteiger partial charge is 0.323 e. The van der Waals surface area contributed by atoms with Crippen LogP contribution in [0.3, 0.4) is 0 Å². The zero-order valence-electron chi connectivity index (χ0n) is 23.9. The number of rotatable bonds is 14. The molecule has 2 heterocycles. The number of anilines is 1. The molecule has 0 aliphatic heterocycles. The van der Waals surface area contributed by atoms with Crippen LogP contribution in [-0.4, -0.2) is 63.1 Å². The van der Waals surface area contributed by atoms with E-state index in [0.717, 1.165) is 5.56 Å². The number of carbonyl (C=O) groups excluding carboxylic acids is 1. The number of methoxy groups -OCH3 is 1. The third-order valence-corrected chi connectivity index (χ3v) is 7.98. The Kier molecular flexibility index (Phi) is 10.00. The molecule has 0 aliphatic carbocycles. The molecule has 2 unspecified atom stereocenters. The summed E-state index contributed by atoms with van der Waals surface area (Å²) < 4.78 is 37.3. The Balaban J connectivity index is 1.60. The van der Waals surface area contributed by atoms with E-state index in [1.54, 1.807) is 64.3 Å². The molecule has 2 aromatic carbocycles. The van der Waals surface area contributed by atoms with Crippen LogP contribution in [0.15, 0.2) is 54.6 Å². The molecule has 0 saturated heterocycles. The molecule has 13 nitrogen and oxygen atoms in total. The number of nitrogens with one attached hydrogen (secondary N) is 1. The number of hydrogen-bond donors (Lipinski definition) is 3. The van der Waals surface area contributed by atoms with Crippen molar-refractivity contribution in [1.29, 1.82) is 0 Å². The highest BCUT2D eigenvalue weighted by Gasteiger charge is 2.31. The van der Waals surface area contributed by atoms with Gasteiger partial charge in [0.15, 0.2) is 17.0 Å². The first-order valence-corrected chi connectivity index (χ1v) is 15.1. The summed E-state index contributed by atoms with van der Waals surface area (Å²) in [6, 6.07) is 14.8. The first kappa shape index (κ1) is 30.8. The highest BCUT2D eigenvalue weighted by molar-refractivity contribution is 7.56. The number of esters is 1. The van der Waals surface area contributed by atoms with Crippen LogP contribution in [0.25, 0.3) is 11.2 Å². The van der Waals surface area contributed by atoms with Gasteiger partial charge in [0.05, 0.1) is 25.4 Å². The first-order valence-electron chi connectivity index (χ1n) is 13.3. The van der Waals surface area contributed by atoms with Crippen molar-refractivity contribution in [3.8, 4) is 17.8 Å². The zero-order valence-corrected chi connectivity index (χ0v) is 24.8. The largest absolute Gasteiger partial charge is 0.480 e. The normalized spacial score (nSPS) is 13.5. The van der Waals surface area contributed by atoms with Crippen LogP contribution in [0.4, 0.5) is 5.82 Å². The number of carbonyl (C=O) groups is 1. The van der Waals surface area contributed by atoms with Crippen molar-refractivity contribution in [2.75, 3.05) is 26.1 Å². The maximum Gasteiger partial charge on any atom is 0.323 e. The van der Waals surface area contributed by atoms with Gasteiger partial charge in [-0.15, -0.1) is 0 Å². The van der Waals surface area contributed by atoms with Gasteiger partial charge in [-0.05, 0) is 44.0 Å². The molecule has 0 spiro atoms. The molecule has 4 N–H and O–H groups in total. The molecule has 0 radical (unpaired) electrons. The molecular formula is C28H35N6O7P. The molecule has 0 amide bonds. The van der Waals surface area contributed by atoms with E-state index in [4.69, 9.17) is 24.5 Å². The van der Waals surface area contributed by atoms with E-state index < -0.39 is 19.5 Å². The number of fused-ring (bicyclic) bond motifs is 1. The van der Waals surface area contributed by atoms with Crippen LogP contribution >= 0.6 is 7.52 Å². The van der Waals surface area contributed by atoms with E-state index in [1.807, 2.05) is 18.2 Å². The number of aromatic hydroxyl groups is 1. The molecule has 0 fully saturated rings. The number of nitrogens with zero attached hydrogens (tertiary/aromatic N) is 4. The second-order valence-corrected chi connectivity index (χ2v) is 11.9. The van der Waals surface area contributed by atoms with Gasteiger partial charge in [-0.25, -0.2) is 5.09 Å². The van der Waals surface area contributed by atoms with Crippen molar-refractivity contribution in [2.45, 2.75) is 45.6 Å². The van der Waals surface area contributed by atoms with Gasteiger partial charge in [0.25, 0.3) is 6.01 Å². The number of nitrogen functional groups attached to an aromatic ring is 1. The quantitative estimate of drug-likeness (QED) is 0.109. The summed E-state index contributed by atoms with van der Waals surface area (Å²) >= 11 is 0. The minimum absolute atomic E-state index is 0.0295. The predicted molar refractivity (Wildman–Crippen MR) is 157 cm³/mol. The minimum Gasteiger partial charge on any atom is -0.480 e. The summed E-state index contributed by atoms with van der Waals surface area (Å²) in [5, 5.41) is 13.5. The van der Waals surface area contributed by atoms with Crippen LogP contribution in [0.1, 0.15) is 31.9 Å². The Hall–Kier alpha value is -4.19. The number of nitrogens with two attached hydrogens (primary N) is 1. The number of ether oxygens (including phenoxy) is 3. The Morgan fingerprint density at radius 1 is 1.05 bits per heavy atom. The Morgan fingerprint density at radius 2 is 1.79 bits per heavy atom. The molecule has 4 rings (SSSR count). The fourth-order valence-corrected chi connectivity index (χ4v) is 6.15. The fourth-order valence-electron chi connectivity index (χ4n) is 4.10. The topological polar surface area (TPSA) is 173 Å². The summed E-state index contributed by atoms with van der Waals surface area (Å²) in [4.78, 5) is 25.1. The third-order valence-electron chi connectivity index (χ3n) is 5.91. The van der Waals surface area contributed by atoms with Crippen molar-refractivity contribution in [2.24, 2.45) is 0 Å². The van der Waals surface area contributed by atoms with Crippen LogP contribution < -0.4 is 20.1 Å². The van der Waals surface area contributed by atoms with Gasteiger partial charge in [-0.2, -0.15) is 15.0 Å². The maximum absolute atomic E-state index is 14.1. The lowest BCUT2D eigenvalue weighted by atomic mass is 10.1. The van der Waals surface area contributed by atoms with Crippen molar-refractivity contribution in [1.82, 2.24) is 24.6 Å². The predicted octanol–water partition coefficient (Wildman–Crippen LogP) is 3.89. The molecule has 42 heavy (non-hydrogen) atoms. The molecule has 0 bridgehead atoms. The van der Waals surface area contributed by atoms with Crippen molar-refractivity contribution in [3.05, 3.63) is 65.7 Å². The monoisotopic (exact) mass is 598 g/mol.